The molecule has 2 aromatic heterocycles. The van der Waals surface area contributed by atoms with Gasteiger partial charge in [-0.05, 0) is 19.1 Å². The molecule has 6 nitrogen and oxygen atoms in total. The first-order chi connectivity index (χ1) is 9.08. The summed E-state index contributed by atoms with van der Waals surface area (Å²) >= 11 is 0. The highest BCUT2D eigenvalue weighted by molar-refractivity contribution is 5.83. The highest BCUT2D eigenvalue weighted by Gasteiger charge is 2.16. The van der Waals surface area contributed by atoms with Crippen molar-refractivity contribution in [3.8, 4) is 0 Å². The van der Waals surface area contributed by atoms with E-state index in [0.29, 0.717) is 5.82 Å². The number of carbonyl (C=O) groups is 1. The molecular weight excluding hydrogens is 251 g/mol. The smallest absolute Gasteiger partial charge is 0.413 e. The largest absolute Gasteiger partial charge is 0.441 e. The van der Waals surface area contributed by atoms with Crippen LogP contribution in [0.1, 0.15) is 18.6 Å². The van der Waals surface area contributed by atoms with Crippen LogP contribution >= 0.6 is 0 Å². The average Bonchev–Trinajstić information content (AvgIpc) is 2.75. The van der Waals surface area contributed by atoms with Gasteiger partial charge in [0, 0.05) is 24.9 Å². The molecule has 0 saturated heterocycles. The fourth-order valence-electron chi connectivity index (χ4n) is 1.56. The van der Waals surface area contributed by atoms with Crippen molar-refractivity contribution in [2.24, 2.45) is 7.05 Å². The molecule has 0 aliphatic heterocycles. The molecule has 0 aromatic carbocycles. The normalized spacial score (nSPS) is 11.9. The van der Waals surface area contributed by atoms with Crippen LogP contribution in [0.4, 0.5) is 15.0 Å². The quantitative estimate of drug-likeness (QED) is 0.863. The minimum atomic E-state index is -0.734. The van der Waals surface area contributed by atoms with Crippen LogP contribution in [0.25, 0.3) is 0 Å². The molecule has 0 radical (unpaired) electrons. The first-order valence-electron chi connectivity index (χ1n) is 5.64. The van der Waals surface area contributed by atoms with Crippen LogP contribution in [0.3, 0.4) is 0 Å². The summed E-state index contributed by atoms with van der Waals surface area (Å²) in [6, 6.07) is 4.72. The highest BCUT2D eigenvalue weighted by Crippen LogP contribution is 2.19. The lowest BCUT2D eigenvalue weighted by Gasteiger charge is -2.14. The Morgan fingerprint density at radius 3 is 2.89 bits per heavy atom. The summed E-state index contributed by atoms with van der Waals surface area (Å²) in [5, 5.41) is 6.40. The maximum Gasteiger partial charge on any atom is 0.413 e. The van der Waals surface area contributed by atoms with Crippen molar-refractivity contribution in [3.05, 3.63) is 42.1 Å². The molecule has 0 aliphatic rings. The summed E-state index contributed by atoms with van der Waals surface area (Å²) < 4.78 is 20.0. The van der Waals surface area contributed by atoms with Crippen LogP contribution in [-0.4, -0.2) is 20.9 Å². The van der Waals surface area contributed by atoms with Crippen molar-refractivity contribution >= 4 is 11.9 Å². The van der Waals surface area contributed by atoms with Crippen molar-refractivity contribution in [3.63, 3.8) is 0 Å². The minimum absolute atomic E-state index is 0.225. The molecule has 0 bridgehead atoms. The van der Waals surface area contributed by atoms with Crippen LogP contribution in [-0.2, 0) is 11.8 Å². The lowest BCUT2D eigenvalue weighted by Crippen LogP contribution is -2.18. The molecule has 1 atom stereocenters. The summed E-state index contributed by atoms with van der Waals surface area (Å²) in [4.78, 5) is 15.1. The molecule has 2 aromatic rings. The second-order valence-electron chi connectivity index (χ2n) is 3.90. The predicted molar refractivity (Wildman–Crippen MR) is 65.9 cm³/mol. The second kappa shape index (κ2) is 5.47. The fourth-order valence-corrected chi connectivity index (χ4v) is 1.56. The first-order valence-corrected chi connectivity index (χ1v) is 5.64. The van der Waals surface area contributed by atoms with Crippen LogP contribution in [0.2, 0.25) is 0 Å². The van der Waals surface area contributed by atoms with Crippen LogP contribution in [0.5, 0.6) is 0 Å². The van der Waals surface area contributed by atoms with Gasteiger partial charge < -0.3 is 4.74 Å². The molecule has 0 aliphatic carbocycles. The number of pyridine rings is 1. The lowest BCUT2D eigenvalue weighted by atomic mass is 10.2. The third-order valence-corrected chi connectivity index (χ3v) is 2.56. The molecule has 2 heterocycles. The molecule has 0 spiro atoms. The van der Waals surface area contributed by atoms with Gasteiger partial charge in [0.05, 0.1) is 6.20 Å². The molecule has 19 heavy (non-hydrogen) atoms. The Bertz CT molecular complexity index is 585. The predicted octanol–water partition coefficient (Wildman–Crippen LogP) is 2.26. The van der Waals surface area contributed by atoms with E-state index in [9.17, 15) is 9.18 Å². The Kier molecular flexibility index (Phi) is 3.74. The zero-order valence-corrected chi connectivity index (χ0v) is 10.5. The maximum absolute atomic E-state index is 13.4. The molecular formula is C12H13FN4O2. The third kappa shape index (κ3) is 3.06. The molecule has 7 heteroatoms. The van der Waals surface area contributed by atoms with Gasteiger partial charge in [-0.1, -0.05) is 0 Å². The van der Waals surface area contributed by atoms with Crippen molar-refractivity contribution in [2.45, 2.75) is 13.0 Å². The van der Waals surface area contributed by atoms with Crippen LogP contribution < -0.4 is 5.32 Å². The molecule has 100 valence electrons. The zero-order valence-electron chi connectivity index (χ0n) is 10.5. The summed E-state index contributed by atoms with van der Waals surface area (Å²) in [5.74, 6) is -0.160. The van der Waals surface area contributed by atoms with Gasteiger partial charge in [0.2, 0.25) is 5.95 Å². The van der Waals surface area contributed by atoms with E-state index < -0.39 is 18.1 Å². The summed E-state index contributed by atoms with van der Waals surface area (Å²) in [6.07, 6.45) is 1.46. The number of aromatic nitrogens is 3. The number of nitrogens with one attached hydrogen (secondary N) is 1. The number of carbonyl (C=O) groups excluding carboxylic acids is 1. The summed E-state index contributed by atoms with van der Waals surface area (Å²) in [6.45, 7) is 1.57. The topological polar surface area (TPSA) is 69.0 Å². The second-order valence-corrected chi connectivity index (χ2v) is 3.90. The van der Waals surface area contributed by atoms with E-state index in [-0.39, 0.29) is 5.56 Å². The molecule has 1 unspecified atom stereocenters. The SMILES string of the molecule is CC(OC(=O)Nc1ccnn1C)c1cccnc1F. The standard InChI is InChI=1S/C12H13FN4O2/c1-8(9-4-3-6-14-11(9)13)19-12(18)16-10-5-7-15-17(10)2/h3-8H,1-2H3,(H,16,18). The highest BCUT2D eigenvalue weighted by atomic mass is 19.1. The van der Waals surface area contributed by atoms with Gasteiger partial charge in [-0.2, -0.15) is 9.49 Å². The zero-order chi connectivity index (χ0) is 13.8. The van der Waals surface area contributed by atoms with Crippen molar-refractivity contribution in [1.82, 2.24) is 14.8 Å². The number of hydrogen-bond donors (Lipinski definition) is 1. The number of halogens is 1. The first kappa shape index (κ1) is 13.0. The Morgan fingerprint density at radius 2 is 2.26 bits per heavy atom. The van der Waals surface area contributed by atoms with E-state index >= 15 is 0 Å². The number of ether oxygens (including phenoxy) is 1. The Morgan fingerprint density at radius 1 is 1.47 bits per heavy atom. The molecule has 1 N–H and O–H groups in total. The Labute approximate surface area is 109 Å². The van der Waals surface area contributed by atoms with Gasteiger partial charge in [0.15, 0.2) is 0 Å². The van der Waals surface area contributed by atoms with Gasteiger partial charge >= 0.3 is 6.09 Å². The van der Waals surface area contributed by atoms with Gasteiger partial charge in [-0.15, -0.1) is 0 Å². The third-order valence-electron chi connectivity index (χ3n) is 2.56. The van der Waals surface area contributed by atoms with Gasteiger partial charge in [-0.25, -0.2) is 9.78 Å². The number of anilines is 1. The van der Waals surface area contributed by atoms with Crippen LogP contribution in [0, 0.1) is 5.95 Å². The van der Waals surface area contributed by atoms with E-state index in [2.05, 4.69) is 15.4 Å². The molecule has 0 fully saturated rings. The van der Waals surface area contributed by atoms with Gasteiger partial charge in [-0.3, -0.25) is 10.00 Å². The fraction of sp³-hybridized carbons (Fsp3) is 0.250. The number of nitrogens with zero attached hydrogens (tertiary/aromatic N) is 3. The number of hydrogen-bond acceptors (Lipinski definition) is 4. The van der Waals surface area contributed by atoms with E-state index in [1.165, 1.54) is 16.9 Å². The monoisotopic (exact) mass is 264 g/mol. The van der Waals surface area contributed by atoms with Gasteiger partial charge in [0.25, 0.3) is 0 Å². The molecule has 2 rings (SSSR count). The summed E-state index contributed by atoms with van der Waals surface area (Å²) in [7, 11) is 1.68. The van der Waals surface area contributed by atoms with E-state index in [1.807, 2.05) is 0 Å². The van der Waals surface area contributed by atoms with E-state index in [0.717, 1.165) is 0 Å². The van der Waals surface area contributed by atoms with Gasteiger partial charge in [0.1, 0.15) is 11.9 Å². The average molecular weight is 264 g/mol. The molecule has 1 amide bonds. The van der Waals surface area contributed by atoms with Crippen molar-refractivity contribution in [2.75, 3.05) is 5.32 Å². The van der Waals surface area contributed by atoms with E-state index in [1.54, 1.807) is 32.3 Å². The van der Waals surface area contributed by atoms with Crippen LogP contribution in [0.15, 0.2) is 30.6 Å². The Hall–Kier alpha value is -2.44. The minimum Gasteiger partial charge on any atom is -0.441 e. The van der Waals surface area contributed by atoms with Crippen molar-refractivity contribution < 1.29 is 13.9 Å². The number of aryl methyl sites for hydroxylation is 1. The Balaban J connectivity index is 2.00. The molecule has 0 saturated carbocycles. The van der Waals surface area contributed by atoms with Crippen molar-refractivity contribution in [1.29, 1.82) is 0 Å². The van der Waals surface area contributed by atoms with E-state index in [4.69, 9.17) is 4.74 Å². The number of rotatable bonds is 3. The summed E-state index contributed by atoms with van der Waals surface area (Å²) in [5.41, 5.74) is 0.225. The number of amides is 1. The lowest BCUT2D eigenvalue weighted by molar-refractivity contribution is 0.118. The maximum atomic E-state index is 13.4.